The van der Waals surface area contributed by atoms with Crippen molar-refractivity contribution < 1.29 is 0 Å². The lowest BCUT2D eigenvalue weighted by Gasteiger charge is -2.26. The molecule has 0 amide bonds. The largest absolute Gasteiger partial charge is 0.383 e. The zero-order valence-electron chi connectivity index (χ0n) is 13.4. The van der Waals surface area contributed by atoms with E-state index in [1.807, 2.05) is 19.4 Å². The fraction of sp³-hybridized carbons (Fsp3) is 0.625. The highest BCUT2D eigenvalue weighted by Gasteiger charge is 2.30. The Morgan fingerprint density at radius 1 is 1.24 bits per heavy atom. The van der Waals surface area contributed by atoms with E-state index in [9.17, 15) is 0 Å². The summed E-state index contributed by atoms with van der Waals surface area (Å²) in [6.07, 6.45) is 8.85. The molecule has 1 fully saturated rings. The Labute approximate surface area is 126 Å². The molecule has 5 nitrogen and oxygen atoms in total. The smallest absolute Gasteiger partial charge is 0.132 e. The van der Waals surface area contributed by atoms with Gasteiger partial charge in [0.05, 0.1) is 6.20 Å². The first-order valence-corrected chi connectivity index (χ1v) is 7.75. The van der Waals surface area contributed by atoms with E-state index in [1.54, 1.807) is 4.68 Å². The van der Waals surface area contributed by atoms with Crippen LogP contribution >= 0.6 is 0 Å². The highest BCUT2D eigenvalue weighted by molar-refractivity contribution is 5.70. The molecule has 1 aliphatic rings. The summed E-state index contributed by atoms with van der Waals surface area (Å²) in [5.74, 6) is 2.45. The van der Waals surface area contributed by atoms with Crippen LogP contribution in [0.5, 0.6) is 0 Å². The Bertz CT molecular complexity index is 638. The van der Waals surface area contributed by atoms with E-state index < -0.39 is 0 Å². The Balaban J connectivity index is 2.14. The molecule has 0 radical (unpaired) electrons. The normalized spacial score (nSPS) is 16.8. The first kappa shape index (κ1) is 14.2. The van der Waals surface area contributed by atoms with E-state index >= 15 is 0 Å². The van der Waals surface area contributed by atoms with Crippen LogP contribution in [0.4, 0.5) is 5.82 Å². The second kappa shape index (κ2) is 4.90. The molecule has 0 unspecified atom stereocenters. The maximum absolute atomic E-state index is 6.46. The maximum Gasteiger partial charge on any atom is 0.132 e. The highest BCUT2D eigenvalue weighted by Crippen LogP contribution is 2.40. The predicted molar refractivity (Wildman–Crippen MR) is 85.0 cm³/mol. The van der Waals surface area contributed by atoms with Crippen molar-refractivity contribution in [1.29, 1.82) is 0 Å². The first-order chi connectivity index (χ1) is 9.88. The van der Waals surface area contributed by atoms with Gasteiger partial charge in [0.2, 0.25) is 0 Å². The molecule has 3 rings (SSSR count). The van der Waals surface area contributed by atoms with Gasteiger partial charge in [-0.05, 0) is 33.6 Å². The van der Waals surface area contributed by atoms with Gasteiger partial charge in [0, 0.05) is 30.3 Å². The lowest BCUT2D eigenvalue weighted by molar-refractivity contribution is 0.377. The minimum absolute atomic E-state index is 0.0601. The first-order valence-electron chi connectivity index (χ1n) is 7.75. The average molecular weight is 287 g/mol. The number of nitrogens with two attached hydrogens (primary N) is 1. The summed E-state index contributed by atoms with van der Waals surface area (Å²) < 4.78 is 4.02. The minimum Gasteiger partial charge on any atom is -0.383 e. The molecule has 0 saturated heterocycles. The Morgan fingerprint density at radius 3 is 2.43 bits per heavy atom. The number of imidazole rings is 1. The molecule has 2 N–H and O–H groups in total. The number of aromatic nitrogens is 4. The zero-order valence-corrected chi connectivity index (χ0v) is 13.4. The fourth-order valence-corrected chi connectivity index (χ4v) is 3.37. The summed E-state index contributed by atoms with van der Waals surface area (Å²) in [5, 5.41) is 4.24. The summed E-state index contributed by atoms with van der Waals surface area (Å²) in [6, 6.07) is 0. The van der Waals surface area contributed by atoms with Gasteiger partial charge in [-0.25, -0.2) is 4.98 Å². The van der Waals surface area contributed by atoms with Gasteiger partial charge in [-0.15, -0.1) is 0 Å². The van der Waals surface area contributed by atoms with Crippen LogP contribution in [0.1, 0.15) is 58.2 Å². The number of anilines is 1. The Kier molecular flexibility index (Phi) is 3.30. The second-order valence-electron chi connectivity index (χ2n) is 7.09. The van der Waals surface area contributed by atoms with Crippen LogP contribution in [0.15, 0.2) is 12.4 Å². The topological polar surface area (TPSA) is 61.7 Å². The van der Waals surface area contributed by atoms with Crippen molar-refractivity contribution in [2.75, 3.05) is 5.73 Å². The summed E-state index contributed by atoms with van der Waals surface area (Å²) in [6.45, 7) is 6.57. The standard InChI is InChI=1S/C16H25N5/c1-16(2,3)21-14(17)13(12-9-18-20(4)10-12)19-15(21)11-7-5-6-8-11/h9-11H,5-8,17H2,1-4H3. The molecule has 2 aromatic heterocycles. The molecule has 0 aromatic carbocycles. The van der Waals surface area contributed by atoms with E-state index in [-0.39, 0.29) is 5.54 Å². The predicted octanol–water partition coefficient (Wildman–Crippen LogP) is 3.28. The number of hydrogen-bond donors (Lipinski definition) is 1. The average Bonchev–Trinajstić information content (AvgIpc) is 3.06. The summed E-state index contributed by atoms with van der Waals surface area (Å²) in [4.78, 5) is 4.93. The van der Waals surface area contributed by atoms with E-state index in [0.29, 0.717) is 5.92 Å². The third kappa shape index (κ3) is 2.45. The van der Waals surface area contributed by atoms with Crippen molar-refractivity contribution in [3.05, 3.63) is 18.2 Å². The highest BCUT2D eigenvalue weighted by atomic mass is 15.2. The molecular weight excluding hydrogens is 262 g/mol. The summed E-state index contributed by atoms with van der Waals surface area (Å²) >= 11 is 0. The van der Waals surface area contributed by atoms with Crippen molar-refractivity contribution in [2.24, 2.45) is 7.05 Å². The SMILES string of the molecule is Cn1cc(-c2nc(C3CCCC3)n(C(C)(C)C)c2N)cn1. The number of nitrogen functional groups attached to an aromatic ring is 1. The zero-order chi connectivity index (χ0) is 15.2. The Hall–Kier alpha value is -1.78. The van der Waals surface area contributed by atoms with Crippen molar-refractivity contribution in [3.8, 4) is 11.3 Å². The van der Waals surface area contributed by atoms with Gasteiger partial charge in [-0.2, -0.15) is 5.10 Å². The van der Waals surface area contributed by atoms with E-state index in [1.165, 1.54) is 25.7 Å². The van der Waals surface area contributed by atoms with Crippen molar-refractivity contribution in [1.82, 2.24) is 19.3 Å². The number of hydrogen-bond acceptors (Lipinski definition) is 3. The van der Waals surface area contributed by atoms with Gasteiger partial charge in [0.1, 0.15) is 17.3 Å². The van der Waals surface area contributed by atoms with Crippen LogP contribution in [0.25, 0.3) is 11.3 Å². The number of rotatable bonds is 2. The summed E-state index contributed by atoms with van der Waals surface area (Å²) in [5.41, 5.74) is 8.27. The number of aryl methyl sites for hydroxylation is 1. The maximum atomic E-state index is 6.46. The third-order valence-electron chi connectivity index (χ3n) is 4.31. The van der Waals surface area contributed by atoms with Crippen molar-refractivity contribution in [3.63, 3.8) is 0 Å². The van der Waals surface area contributed by atoms with Crippen LogP contribution in [0.3, 0.4) is 0 Å². The van der Waals surface area contributed by atoms with Crippen molar-refractivity contribution in [2.45, 2.75) is 57.9 Å². The second-order valence-corrected chi connectivity index (χ2v) is 7.09. The third-order valence-corrected chi connectivity index (χ3v) is 4.31. The molecule has 0 aliphatic heterocycles. The van der Waals surface area contributed by atoms with Crippen LogP contribution < -0.4 is 5.73 Å². The van der Waals surface area contributed by atoms with Gasteiger partial charge in [0.25, 0.3) is 0 Å². The van der Waals surface area contributed by atoms with Crippen LogP contribution in [0, 0.1) is 0 Å². The van der Waals surface area contributed by atoms with E-state index in [0.717, 1.165) is 22.9 Å². The molecule has 0 spiro atoms. The minimum atomic E-state index is -0.0601. The lowest BCUT2D eigenvalue weighted by atomic mass is 10.0. The van der Waals surface area contributed by atoms with Gasteiger partial charge >= 0.3 is 0 Å². The van der Waals surface area contributed by atoms with Crippen LogP contribution in [0.2, 0.25) is 0 Å². The molecule has 1 aliphatic carbocycles. The van der Waals surface area contributed by atoms with E-state index in [2.05, 4.69) is 30.4 Å². The summed E-state index contributed by atoms with van der Waals surface area (Å²) in [7, 11) is 1.92. The molecule has 2 heterocycles. The van der Waals surface area contributed by atoms with E-state index in [4.69, 9.17) is 10.7 Å². The number of nitrogens with zero attached hydrogens (tertiary/aromatic N) is 4. The molecular formula is C16H25N5. The monoisotopic (exact) mass is 287 g/mol. The van der Waals surface area contributed by atoms with Crippen molar-refractivity contribution >= 4 is 5.82 Å². The molecule has 5 heteroatoms. The molecule has 1 saturated carbocycles. The molecule has 0 atom stereocenters. The van der Waals surface area contributed by atoms with Crippen LogP contribution in [-0.4, -0.2) is 19.3 Å². The Morgan fingerprint density at radius 2 is 1.90 bits per heavy atom. The van der Waals surface area contributed by atoms with Gasteiger partial charge < -0.3 is 10.3 Å². The van der Waals surface area contributed by atoms with Gasteiger partial charge in [-0.3, -0.25) is 4.68 Å². The van der Waals surface area contributed by atoms with Gasteiger partial charge in [0.15, 0.2) is 0 Å². The quantitative estimate of drug-likeness (QED) is 0.922. The molecule has 114 valence electrons. The molecule has 0 bridgehead atoms. The van der Waals surface area contributed by atoms with Gasteiger partial charge in [-0.1, -0.05) is 12.8 Å². The fourth-order valence-electron chi connectivity index (χ4n) is 3.37. The molecule has 21 heavy (non-hydrogen) atoms. The molecule has 2 aromatic rings. The van der Waals surface area contributed by atoms with Crippen LogP contribution in [-0.2, 0) is 12.6 Å². The lowest BCUT2D eigenvalue weighted by Crippen LogP contribution is -2.26.